The predicted molar refractivity (Wildman–Crippen MR) is 36.5 cm³/mol. The van der Waals surface area contributed by atoms with Gasteiger partial charge in [-0.3, -0.25) is 4.79 Å². The van der Waals surface area contributed by atoms with Crippen molar-refractivity contribution in [1.82, 2.24) is 15.3 Å². The Morgan fingerprint density at radius 2 is 2.31 bits per heavy atom. The molecule has 13 heavy (non-hydrogen) atoms. The maximum Gasteiger partial charge on any atom is 0.471 e. The summed E-state index contributed by atoms with van der Waals surface area (Å²) in [5, 5.41) is 1.67. The van der Waals surface area contributed by atoms with Crippen LogP contribution < -0.4 is 5.32 Å². The van der Waals surface area contributed by atoms with E-state index >= 15 is 0 Å². The summed E-state index contributed by atoms with van der Waals surface area (Å²) in [6.07, 6.45) is -2.00. The van der Waals surface area contributed by atoms with E-state index in [1.807, 2.05) is 0 Å². The highest BCUT2D eigenvalue weighted by Crippen LogP contribution is 2.13. The molecular weight excluding hydrogens is 187 g/mol. The topological polar surface area (TPSA) is 57.8 Å². The molecule has 0 unspecified atom stereocenters. The Hall–Kier alpha value is -1.53. The molecular formula is C6H6F3N3O. The van der Waals surface area contributed by atoms with Gasteiger partial charge in [-0.05, 0) is 0 Å². The lowest BCUT2D eigenvalue weighted by Crippen LogP contribution is -2.36. The third-order valence-electron chi connectivity index (χ3n) is 1.23. The molecule has 7 heteroatoms. The first-order valence-electron chi connectivity index (χ1n) is 3.33. The first kappa shape index (κ1) is 9.56. The minimum Gasteiger partial charge on any atom is -0.347 e. The normalized spacial score (nSPS) is 11.3. The number of aromatic nitrogens is 2. The van der Waals surface area contributed by atoms with E-state index in [0.717, 1.165) is 0 Å². The monoisotopic (exact) mass is 193 g/mol. The molecule has 0 saturated carbocycles. The van der Waals surface area contributed by atoms with E-state index in [2.05, 4.69) is 9.97 Å². The molecule has 72 valence electrons. The van der Waals surface area contributed by atoms with Crippen LogP contribution in [0.2, 0.25) is 0 Å². The Bertz CT molecular complexity index is 280. The van der Waals surface area contributed by atoms with Crippen molar-refractivity contribution in [3.05, 3.63) is 18.2 Å². The third kappa shape index (κ3) is 2.77. The second-order valence-corrected chi connectivity index (χ2v) is 2.22. The number of carbonyl (C=O) groups excluding carboxylic acids is 1. The Kier molecular flexibility index (Phi) is 2.54. The molecule has 0 spiro atoms. The van der Waals surface area contributed by atoms with Crippen molar-refractivity contribution < 1.29 is 18.0 Å². The number of alkyl halides is 3. The first-order chi connectivity index (χ1) is 6.00. The Morgan fingerprint density at radius 3 is 2.77 bits per heavy atom. The molecule has 1 rings (SSSR count). The quantitative estimate of drug-likeness (QED) is 0.722. The van der Waals surface area contributed by atoms with Gasteiger partial charge in [0.05, 0.1) is 6.54 Å². The molecule has 1 aromatic heterocycles. The Labute approximate surface area is 71.2 Å². The molecule has 0 aliphatic heterocycles. The van der Waals surface area contributed by atoms with E-state index in [-0.39, 0.29) is 12.4 Å². The molecule has 0 radical (unpaired) electrons. The molecule has 1 heterocycles. The Morgan fingerprint density at radius 1 is 1.62 bits per heavy atom. The van der Waals surface area contributed by atoms with Crippen LogP contribution in [0.15, 0.2) is 12.4 Å². The number of rotatable bonds is 2. The number of amides is 1. The van der Waals surface area contributed by atoms with Crippen LogP contribution in [0.3, 0.4) is 0 Å². The molecule has 2 N–H and O–H groups in total. The van der Waals surface area contributed by atoms with E-state index in [9.17, 15) is 18.0 Å². The summed E-state index contributed by atoms with van der Waals surface area (Å²) in [6.45, 7) is -0.259. The summed E-state index contributed by atoms with van der Waals surface area (Å²) in [5.41, 5.74) is 0. The Balaban J connectivity index is 2.40. The number of H-pyrrole nitrogens is 1. The van der Waals surface area contributed by atoms with Crippen molar-refractivity contribution in [3.63, 3.8) is 0 Å². The number of hydrogen-bond donors (Lipinski definition) is 2. The van der Waals surface area contributed by atoms with Crippen molar-refractivity contribution in [1.29, 1.82) is 0 Å². The molecule has 1 aromatic rings. The van der Waals surface area contributed by atoms with Gasteiger partial charge in [-0.2, -0.15) is 13.2 Å². The smallest absolute Gasteiger partial charge is 0.347 e. The summed E-state index contributed by atoms with van der Waals surface area (Å²) in [7, 11) is 0. The van der Waals surface area contributed by atoms with Gasteiger partial charge in [0.25, 0.3) is 0 Å². The predicted octanol–water partition coefficient (Wildman–Crippen LogP) is 0.588. The van der Waals surface area contributed by atoms with Crippen LogP contribution >= 0.6 is 0 Å². The molecule has 1 amide bonds. The van der Waals surface area contributed by atoms with Gasteiger partial charge in [0.2, 0.25) is 0 Å². The van der Waals surface area contributed by atoms with Gasteiger partial charge in [0.1, 0.15) is 5.82 Å². The van der Waals surface area contributed by atoms with Crippen LogP contribution in [0.5, 0.6) is 0 Å². The molecule has 0 aliphatic carbocycles. The van der Waals surface area contributed by atoms with Gasteiger partial charge in [0, 0.05) is 12.4 Å². The second kappa shape index (κ2) is 3.46. The number of hydrogen-bond acceptors (Lipinski definition) is 2. The average Bonchev–Trinajstić information content (AvgIpc) is 2.50. The summed E-state index contributed by atoms with van der Waals surface area (Å²) < 4.78 is 34.9. The summed E-state index contributed by atoms with van der Waals surface area (Å²) in [5.74, 6) is -1.69. The fraction of sp³-hybridized carbons (Fsp3) is 0.333. The third-order valence-corrected chi connectivity index (χ3v) is 1.23. The second-order valence-electron chi connectivity index (χ2n) is 2.22. The van der Waals surface area contributed by atoms with Crippen molar-refractivity contribution in [3.8, 4) is 0 Å². The fourth-order valence-corrected chi connectivity index (χ4v) is 0.659. The van der Waals surface area contributed by atoms with Gasteiger partial charge in [-0.25, -0.2) is 4.98 Å². The van der Waals surface area contributed by atoms with Crippen LogP contribution in [0.25, 0.3) is 0 Å². The van der Waals surface area contributed by atoms with E-state index in [4.69, 9.17) is 0 Å². The molecule has 4 nitrogen and oxygen atoms in total. The van der Waals surface area contributed by atoms with Crippen molar-refractivity contribution in [2.75, 3.05) is 0 Å². The zero-order chi connectivity index (χ0) is 9.90. The highest BCUT2D eigenvalue weighted by Gasteiger charge is 2.38. The molecule has 0 bridgehead atoms. The van der Waals surface area contributed by atoms with Crippen LogP contribution in [0.1, 0.15) is 5.82 Å². The number of aromatic amines is 1. The van der Waals surface area contributed by atoms with Gasteiger partial charge in [0.15, 0.2) is 0 Å². The van der Waals surface area contributed by atoms with Crippen molar-refractivity contribution in [2.45, 2.75) is 12.7 Å². The summed E-state index contributed by atoms with van der Waals surface area (Å²) in [4.78, 5) is 16.5. The molecule has 0 atom stereocenters. The average molecular weight is 193 g/mol. The van der Waals surface area contributed by atoms with Crippen LogP contribution in [-0.2, 0) is 11.3 Å². The van der Waals surface area contributed by atoms with Crippen molar-refractivity contribution >= 4 is 5.91 Å². The number of nitrogens with zero attached hydrogens (tertiary/aromatic N) is 1. The minimum atomic E-state index is -4.84. The van der Waals surface area contributed by atoms with Gasteiger partial charge < -0.3 is 10.3 Å². The van der Waals surface area contributed by atoms with E-state index < -0.39 is 12.1 Å². The maximum absolute atomic E-state index is 11.6. The van der Waals surface area contributed by atoms with E-state index in [0.29, 0.717) is 0 Å². The zero-order valence-corrected chi connectivity index (χ0v) is 6.35. The van der Waals surface area contributed by atoms with Gasteiger partial charge in [-0.15, -0.1) is 0 Å². The molecule has 0 aliphatic rings. The SMILES string of the molecule is O=C(NCc1ncc[nH]1)C(F)(F)F. The lowest BCUT2D eigenvalue weighted by molar-refractivity contribution is -0.173. The standard InChI is InChI=1S/C6H6F3N3O/c7-6(8,9)5(13)12-3-4-10-1-2-11-4/h1-2H,3H2,(H,10,11)(H,12,13). The van der Waals surface area contributed by atoms with Crippen LogP contribution in [-0.4, -0.2) is 22.1 Å². The number of carbonyl (C=O) groups is 1. The molecule has 0 fully saturated rings. The number of imidazole rings is 1. The fourth-order valence-electron chi connectivity index (χ4n) is 0.659. The zero-order valence-electron chi connectivity index (χ0n) is 6.35. The van der Waals surface area contributed by atoms with Crippen LogP contribution in [0, 0.1) is 0 Å². The van der Waals surface area contributed by atoms with E-state index in [1.54, 1.807) is 5.32 Å². The first-order valence-corrected chi connectivity index (χ1v) is 3.33. The minimum absolute atomic E-state index is 0.259. The highest BCUT2D eigenvalue weighted by molar-refractivity contribution is 5.81. The maximum atomic E-state index is 11.6. The van der Waals surface area contributed by atoms with Crippen molar-refractivity contribution in [2.24, 2.45) is 0 Å². The molecule has 0 saturated heterocycles. The van der Waals surface area contributed by atoms with Crippen LogP contribution in [0.4, 0.5) is 13.2 Å². The lowest BCUT2D eigenvalue weighted by atomic mass is 10.5. The highest BCUT2D eigenvalue weighted by atomic mass is 19.4. The lowest BCUT2D eigenvalue weighted by Gasteiger charge is -2.05. The molecule has 0 aromatic carbocycles. The summed E-state index contributed by atoms with van der Waals surface area (Å²) >= 11 is 0. The number of halogens is 3. The summed E-state index contributed by atoms with van der Waals surface area (Å²) in [6, 6.07) is 0. The largest absolute Gasteiger partial charge is 0.471 e. The number of nitrogens with one attached hydrogen (secondary N) is 2. The van der Waals surface area contributed by atoms with E-state index in [1.165, 1.54) is 12.4 Å². The van der Waals surface area contributed by atoms with Gasteiger partial charge >= 0.3 is 12.1 Å². The van der Waals surface area contributed by atoms with Gasteiger partial charge in [-0.1, -0.05) is 0 Å².